The molecule has 1 atom stereocenters. The van der Waals surface area contributed by atoms with Gasteiger partial charge < -0.3 is 14.7 Å². The lowest BCUT2D eigenvalue weighted by Gasteiger charge is -2.10. The summed E-state index contributed by atoms with van der Waals surface area (Å²) >= 11 is 0. The summed E-state index contributed by atoms with van der Waals surface area (Å²) in [6.45, 7) is 1.36. The SMILES string of the molecule is CCOP(=O)(O)C(=O)Nc1cccc([N+](=O)[O-])c1. The molecule has 9 heteroatoms. The maximum atomic E-state index is 11.4. The predicted molar refractivity (Wildman–Crippen MR) is 63.6 cm³/mol. The Balaban J connectivity index is 2.85. The molecule has 0 spiro atoms. The standard InChI is InChI=1S/C9H11N2O6P/c1-2-17-18(15,16)9(12)10-7-4-3-5-8(6-7)11(13)14/h3-6H,2H2,1H3,(H,10,12)(H,15,16). The zero-order valence-corrected chi connectivity index (χ0v) is 10.3. The van der Waals surface area contributed by atoms with Crippen molar-refractivity contribution >= 4 is 24.6 Å². The van der Waals surface area contributed by atoms with Crippen molar-refractivity contribution in [2.24, 2.45) is 0 Å². The number of benzene rings is 1. The van der Waals surface area contributed by atoms with E-state index in [1.807, 2.05) is 0 Å². The summed E-state index contributed by atoms with van der Waals surface area (Å²) in [6.07, 6.45) is 0. The third-order valence-electron chi connectivity index (χ3n) is 1.87. The van der Waals surface area contributed by atoms with Gasteiger partial charge >= 0.3 is 13.2 Å². The van der Waals surface area contributed by atoms with Crippen molar-refractivity contribution in [3.63, 3.8) is 0 Å². The molecular formula is C9H11N2O6P. The van der Waals surface area contributed by atoms with Crippen LogP contribution in [0.1, 0.15) is 6.92 Å². The minimum absolute atomic E-state index is 0.0446. The topological polar surface area (TPSA) is 119 Å². The summed E-state index contributed by atoms with van der Waals surface area (Å²) in [5.41, 5.74) is -1.43. The van der Waals surface area contributed by atoms with Crippen LogP contribution in [0.4, 0.5) is 16.2 Å². The van der Waals surface area contributed by atoms with Crippen molar-refractivity contribution < 1.29 is 23.7 Å². The number of hydrogen-bond donors (Lipinski definition) is 2. The van der Waals surface area contributed by atoms with Gasteiger partial charge in [-0.25, -0.2) is 4.57 Å². The molecule has 0 bridgehead atoms. The van der Waals surface area contributed by atoms with Crippen molar-refractivity contribution in [1.29, 1.82) is 0 Å². The lowest BCUT2D eigenvalue weighted by molar-refractivity contribution is -0.384. The van der Waals surface area contributed by atoms with Gasteiger partial charge in [0.2, 0.25) is 0 Å². The lowest BCUT2D eigenvalue weighted by Crippen LogP contribution is -2.11. The fraction of sp³-hybridized carbons (Fsp3) is 0.222. The molecule has 0 heterocycles. The molecule has 0 aliphatic heterocycles. The number of nitro benzene ring substituents is 1. The normalized spacial score (nSPS) is 13.7. The van der Waals surface area contributed by atoms with Crippen LogP contribution in [0.25, 0.3) is 0 Å². The van der Waals surface area contributed by atoms with Crippen LogP contribution in [0.3, 0.4) is 0 Å². The summed E-state index contributed by atoms with van der Waals surface area (Å²) in [5, 5.41) is 12.6. The first kappa shape index (κ1) is 14.3. The summed E-state index contributed by atoms with van der Waals surface area (Å²) in [4.78, 5) is 30.5. The molecule has 0 saturated carbocycles. The number of amides is 1. The van der Waals surface area contributed by atoms with Gasteiger partial charge in [0.1, 0.15) is 0 Å². The molecule has 1 amide bonds. The van der Waals surface area contributed by atoms with Gasteiger partial charge in [0.25, 0.3) is 5.69 Å². The van der Waals surface area contributed by atoms with Gasteiger partial charge in [0.05, 0.1) is 11.5 Å². The van der Waals surface area contributed by atoms with Crippen LogP contribution in [0, 0.1) is 10.1 Å². The Bertz CT molecular complexity index is 518. The lowest BCUT2D eigenvalue weighted by atomic mass is 10.3. The Morgan fingerprint density at radius 1 is 1.61 bits per heavy atom. The van der Waals surface area contributed by atoms with Gasteiger partial charge in [-0.15, -0.1) is 0 Å². The Morgan fingerprint density at radius 3 is 2.83 bits per heavy atom. The first-order chi connectivity index (χ1) is 8.36. The van der Waals surface area contributed by atoms with Gasteiger partial charge in [-0.05, 0) is 13.0 Å². The molecule has 0 saturated heterocycles. The minimum Gasteiger partial charge on any atom is -0.318 e. The first-order valence-corrected chi connectivity index (χ1v) is 6.48. The van der Waals surface area contributed by atoms with Crippen molar-refractivity contribution in [3.8, 4) is 0 Å². The molecule has 0 aliphatic rings. The average molecular weight is 274 g/mol. The number of carbonyl (C=O) groups excluding carboxylic acids is 1. The van der Waals surface area contributed by atoms with Crippen LogP contribution in [-0.2, 0) is 9.09 Å². The maximum Gasteiger partial charge on any atom is 0.415 e. The van der Waals surface area contributed by atoms with Gasteiger partial charge in [-0.3, -0.25) is 14.9 Å². The van der Waals surface area contributed by atoms with E-state index in [0.717, 1.165) is 6.07 Å². The van der Waals surface area contributed by atoms with Crippen LogP contribution >= 0.6 is 7.60 Å². The number of nitrogens with zero attached hydrogens (tertiary/aromatic N) is 1. The third-order valence-corrected chi connectivity index (χ3v) is 3.10. The summed E-state index contributed by atoms with van der Waals surface area (Å²) in [6, 6.07) is 5.01. The zero-order chi connectivity index (χ0) is 13.8. The molecule has 1 rings (SSSR count). The largest absolute Gasteiger partial charge is 0.415 e. The van der Waals surface area contributed by atoms with E-state index in [1.165, 1.54) is 25.1 Å². The van der Waals surface area contributed by atoms with E-state index in [0.29, 0.717) is 0 Å². The Hall–Kier alpha value is -1.76. The number of nitrogens with one attached hydrogen (secondary N) is 1. The van der Waals surface area contributed by atoms with Crippen LogP contribution < -0.4 is 5.32 Å². The highest BCUT2D eigenvalue weighted by Crippen LogP contribution is 2.43. The number of carbonyl (C=O) groups is 1. The highest BCUT2D eigenvalue weighted by Gasteiger charge is 2.30. The van der Waals surface area contributed by atoms with E-state index in [1.54, 1.807) is 0 Å². The molecule has 1 aromatic rings. The van der Waals surface area contributed by atoms with Crippen LogP contribution in [-0.4, -0.2) is 22.1 Å². The van der Waals surface area contributed by atoms with Gasteiger partial charge in [0, 0.05) is 17.8 Å². The number of hydrogen-bond acceptors (Lipinski definition) is 5. The average Bonchev–Trinajstić information content (AvgIpc) is 2.29. The first-order valence-electron chi connectivity index (χ1n) is 4.90. The molecule has 0 fully saturated rings. The second-order valence-electron chi connectivity index (χ2n) is 3.18. The predicted octanol–water partition coefficient (Wildman–Crippen LogP) is 2.35. The summed E-state index contributed by atoms with van der Waals surface area (Å²) < 4.78 is 15.7. The molecule has 18 heavy (non-hydrogen) atoms. The van der Waals surface area contributed by atoms with Gasteiger partial charge in [-0.2, -0.15) is 0 Å². The monoisotopic (exact) mass is 274 g/mol. The van der Waals surface area contributed by atoms with E-state index in [9.17, 15) is 24.4 Å². The summed E-state index contributed by atoms with van der Waals surface area (Å²) in [5.74, 6) is 0. The molecule has 8 nitrogen and oxygen atoms in total. The highest BCUT2D eigenvalue weighted by atomic mass is 31.2. The number of nitro groups is 1. The Morgan fingerprint density at radius 2 is 2.28 bits per heavy atom. The Labute approximate surface area is 102 Å². The van der Waals surface area contributed by atoms with Crippen molar-refractivity contribution in [2.45, 2.75) is 6.92 Å². The maximum absolute atomic E-state index is 11.4. The van der Waals surface area contributed by atoms with Crippen LogP contribution in [0.15, 0.2) is 24.3 Å². The molecule has 0 radical (unpaired) electrons. The van der Waals surface area contributed by atoms with Gasteiger partial charge in [-0.1, -0.05) is 6.07 Å². The quantitative estimate of drug-likeness (QED) is 0.483. The minimum atomic E-state index is -4.41. The van der Waals surface area contributed by atoms with Crippen LogP contribution in [0.5, 0.6) is 0 Å². The third kappa shape index (κ3) is 3.63. The fourth-order valence-corrected chi connectivity index (χ4v) is 1.86. The van der Waals surface area contributed by atoms with E-state index in [-0.39, 0.29) is 18.0 Å². The second-order valence-corrected chi connectivity index (χ2v) is 4.88. The zero-order valence-electron chi connectivity index (χ0n) is 9.40. The molecule has 98 valence electrons. The Kier molecular flexibility index (Phi) is 4.55. The molecule has 1 unspecified atom stereocenters. The van der Waals surface area contributed by atoms with E-state index < -0.39 is 18.2 Å². The molecular weight excluding hydrogens is 263 g/mol. The number of non-ortho nitro benzene ring substituents is 1. The van der Waals surface area contributed by atoms with Crippen molar-refractivity contribution in [1.82, 2.24) is 0 Å². The second kappa shape index (κ2) is 5.72. The van der Waals surface area contributed by atoms with Gasteiger partial charge in [0.15, 0.2) is 0 Å². The molecule has 2 N–H and O–H groups in total. The van der Waals surface area contributed by atoms with E-state index >= 15 is 0 Å². The van der Waals surface area contributed by atoms with Crippen molar-refractivity contribution in [2.75, 3.05) is 11.9 Å². The highest BCUT2D eigenvalue weighted by molar-refractivity contribution is 7.71. The molecule has 0 aliphatic carbocycles. The smallest absolute Gasteiger partial charge is 0.318 e. The van der Waals surface area contributed by atoms with E-state index in [2.05, 4.69) is 9.84 Å². The molecule has 0 aromatic heterocycles. The number of rotatable bonds is 5. The molecule has 1 aromatic carbocycles. The van der Waals surface area contributed by atoms with Crippen molar-refractivity contribution in [3.05, 3.63) is 34.4 Å². The fourth-order valence-electron chi connectivity index (χ4n) is 1.12. The van der Waals surface area contributed by atoms with E-state index in [4.69, 9.17) is 0 Å². The number of anilines is 1. The van der Waals surface area contributed by atoms with Crippen LogP contribution in [0.2, 0.25) is 0 Å². The summed E-state index contributed by atoms with van der Waals surface area (Å²) in [7, 11) is -4.41.